The number of nitrogens with one attached hydrogen (secondary N) is 2. The summed E-state index contributed by atoms with van der Waals surface area (Å²) in [6, 6.07) is 13.9. The average Bonchev–Trinajstić information content (AvgIpc) is 3.25. The zero-order valence-corrected chi connectivity index (χ0v) is 19.8. The number of anilines is 1. The monoisotopic (exact) mass is 512 g/mol. The van der Waals surface area contributed by atoms with Crippen molar-refractivity contribution in [2.24, 2.45) is 5.92 Å². The molecule has 0 bridgehead atoms. The Hall–Kier alpha value is -3.13. The summed E-state index contributed by atoms with van der Waals surface area (Å²) in [7, 11) is 0. The molecule has 3 aromatic rings. The highest BCUT2D eigenvalue weighted by molar-refractivity contribution is 9.10. The van der Waals surface area contributed by atoms with Gasteiger partial charge in [0.15, 0.2) is 10.4 Å². The highest BCUT2D eigenvalue weighted by Gasteiger charge is 2.43. The van der Waals surface area contributed by atoms with Crippen LogP contribution in [0.3, 0.4) is 0 Å². The number of fused-ring (bicyclic) bond motifs is 1. The van der Waals surface area contributed by atoms with Gasteiger partial charge in [-0.05, 0) is 76.7 Å². The molecular weight excluding hydrogens is 488 g/mol. The van der Waals surface area contributed by atoms with E-state index in [1.807, 2.05) is 24.3 Å². The van der Waals surface area contributed by atoms with Crippen molar-refractivity contribution in [3.8, 4) is 0 Å². The lowest BCUT2D eigenvalue weighted by molar-refractivity contribution is -0.146. The Morgan fingerprint density at radius 3 is 2.27 bits per heavy atom. The van der Waals surface area contributed by atoms with Gasteiger partial charge in [-0.3, -0.25) is 9.59 Å². The topological polar surface area (TPSA) is 109 Å². The first-order valence-corrected chi connectivity index (χ1v) is 11.7. The molecule has 0 aliphatic heterocycles. The van der Waals surface area contributed by atoms with Crippen molar-refractivity contribution in [1.82, 2.24) is 5.32 Å². The highest BCUT2D eigenvalue weighted by Crippen LogP contribution is 2.34. The average molecular weight is 513 g/mol. The van der Waals surface area contributed by atoms with Crippen molar-refractivity contribution in [3.05, 3.63) is 64.5 Å². The van der Waals surface area contributed by atoms with E-state index in [0.717, 1.165) is 42.9 Å². The second-order valence-corrected chi connectivity index (χ2v) is 9.38. The Labute approximate surface area is 199 Å². The van der Waals surface area contributed by atoms with E-state index in [4.69, 9.17) is 4.42 Å². The van der Waals surface area contributed by atoms with E-state index in [9.17, 15) is 19.5 Å². The summed E-state index contributed by atoms with van der Waals surface area (Å²) in [5.41, 5.74) is -0.938. The first-order valence-electron chi connectivity index (χ1n) is 10.9. The Kier molecular flexibility index (Phi) is 6.56. The lowest BCUT2D eigenvalue weighted by atomic mass is 9.75. The largest absolute Gasteiger partial charge is 0.480 e. The van der Waals surface area contributed by atoms with E-state index < -0.39 is 23.3 Å². The number of carboxylic acids is 1. The summed E-state index contributed by atoms with van der Waals surface area (Å²) in [5.74, 6) is -2.20. The van der Waals surface area contributed by atoms with Gasteiger partial charge in [0.25, 0.3) is 11.8 Å². The fourth-order valence-corrected chi connectivity index (χ4v) is 4.77. The maximum Gasteiger partial charge on any atom is 0.329 e. The summed E-state index contributed by atoms with van der Waals surface area (Å²) in [4.78, 5) is 38.4. The van der Waals surface area contributed by atoms with Gasteiger partial charge < -0.3 is 20.2 Å². The van der Waals surface area contributed by atoms with Gasteiger partial charge in [-0.15, -0.1) is 0 Å². The molecule has 3 N–H and O–H groups in total. The van der Waals surface area contributed by atoms with Crippen molar-refractivity contribution >= 4 is 50.2 Å². The van der Waals surface area contributed by atoms with Gasteiger partial charge in [0.1, 0.15) is 5.54 Å². The minimum atomic E-state index is -1.41. The summed E-state index contributed by atoms with van der Waals surface area (Å²) >= 11 is 3.17. The van der Waals surface area contributed by atoms with Gasteiger partial charge in [0, 0.05) is 0 Å². The molecule has 33 heavy (non-hydrogen) atoms. The van der Waals surface area contributed by atoms with Gasteiger partial charge in [0.05, 0.1) is 11.3 Å². The fourth-order valence-electron chi connectivity index (χ4n) is 4.47. The van der Waals surface area contributed by atoms with Gasteiger partial charge in [-0.25, -0.2) is 4.79 Å². The number of hydrogen-bond donors (Lipinski definition) is 3. The van der Waals surface area contributed by atoms with Crippen molar-refractivity contribution in [2.75, 3.05) is 5.32 Å². The molecule has 1 atom stereocenters. The number of amides is 2. The molecule has 2 aromatic carbocycles. The van der Waals surface area contributed by atoms with Gasteiger partial charge in [-0.2, -0.15) is 0 Å². The molecule has 0 unspecified atom stereocenters. The third kappa shape index (κ3) is 4.80. The molecule has 1 saturated carbocycles. The lowest BCUT2D eigenvalue weighted by Gasteiger charge is -2.37. The van der Waals surface area contributed by atoms with E-state index in [0.29, 0.717) is 4.67 Å². The van der Waals surface area contributed by atoms with E-state index >= 15 is 0 Å². The lowest BCUT2D eigenvalue weighted by Crippen LogP contribution is -2.57. The number of carbonyl (C=O) groups is 3. The van der Waals surface area contributed by atoms with E-state index in [2.05, 4.69) is 26.6 Å². The Bertz CT molecular complexity index is 1210. The second kappa shape index (κ2) is 9.39. The van der Waals surface area contributed by atoms with Crippen molar-refractivity contribution in [1.29, 1.82) is 0 Å². The van der Waals surface area contributed by atoms with Gasteiger partial charge >= 0.3 is 5.97 Å². The van der Waals surface area contributed by atoms with E-state index in [1.54, 1.807) is 25.1 Å². The van der Waals surface area contributed by atoms with Gasteiger partial charge in [0.2, 0.25) is 0 Å². The van der Waals surface area contributed by atoms with E-state index in [-0.39, 0.29) is 22.9 Å². The third-order valence-electron chi connectivity index (χ3n) is 6.41. The SMILES string of the molecule is C[C@@](NC(=O)c1cc2ccccc2cc1NC(=O)c1ccc(Br)o1)(C(=O)O)C1CCCCC1. The first kappa shape index (κ1) is 23.0. The molecule has 1 fully saturated rings. The van der Waals surface area contributed by atoms with Gasteiger partial charge in [-0.1, -0.05) is 43.5 Å². The molecule has 172 valence electrons. The molecule has 4 rings (SSSR count). The first-order chi connectivity index (χ1) is 15.8. The van der Waals surface area contributed by atoms with Crippen LogP contribution in [0.4, 0.5) is 5.69 Å². The van der Waals surface area contributed by atoms with Crippen LogP contribution in [0.5, 0.6) is 0 Å². The van der Waals surface area contributed by atoms with Crippen LogP contribution in [0, 0.1) is 5.92 Å². The number of hydrogen-bond acceptors (Lipinski definition) is 4. The number of halogens is 1. The summed E-state index contributed by atoms with van der Waals surface area (Å²) in [5, 5.41) is 17.2. The smallest absolute Gasteiger partial charge is 0.329 e. The molecule has 0 radical (unpaired) electrons. The van der Waals surface area contributed by atoms with Crippen LogP contribution in [0.1, 0.15) is 59.9 Å². The number of carbonyl (C=O) groups excluding carboxylic acids is 2. The van der Waals surface area contributed by atoms with Crippen molar-refractivity contribution in [2.45, 2.75) is 44.6 Å². The van der Waals surface area contributed by atoms with Crippen LogP contribution in [0.15, 0.2) is 57.6 Å². The number of furan rings is 1. The molecule has 0 saturated heterocycles. The Morgan fingerprint density at radius 1 is 1.00 bits per heavy atom. The normalized spacial score (nSPS) is 16.2. The summed E-state index contributed by atoms with van der Waals surface area (Å²) in [6.07, 6.45) is 4.46. The number of benzene rings is 2. The van der Waals surface area contributed by atoms with Crippen LogP contribution in [-0.2, 0) is 4.79 Å². The third-order valence-corrected chi connectivity index (χ3v) is 6.84. The Morgan fingerprint density at radius 2 is 1.67 bits per heavy atom. The standard InChI is InChI=1S/C25H25BrN2O5/c1-25(24(31)32,17-9-3-2-4-10-17)28-22(29)18-13-15-7-5-6-8-16(15)14-19(18)27-23(30)20-11-12-21(26)33-20/h5-8,11-14,17H,2-4,9-10H2,1H3,(H,27,30)(H,28,29)(H,31,32)/t25-/m0/s1. The molecule has 7 nitrogen and oxygen atoms in total. The van der Waals surface area contributed by atoms with Crippen LogP contribution in [-0.4, -0.2) is 28.4 Å². The van der Waals surface area contributed by atoms with Crippen LogP contribution in [0.2, 0.25) is 0 Å². The van der Waals surface area contributed by atoms with Crippen molar-refractivity contribution in [3.63, 3.8) is 0 Å². The summed E-state index contributed by atoms with van der Waals surface area (Å²) < 4.78 is 5.73. The zero-order chi connectivity index (χ0) is 23.6. The second-order valence-electron chi connectivity index (χ2n) is 8.60. The molecule has 1 aliphatic carbocycles. The number of rotatable bonds is 6. The molecule has 1 heterocycles. The minimum absolute atomic E-state index is 0.0824. The zero-order valence-electron chi connectivity index (χ0n) is 18.2. The minimum Gasteiger partial charge on any atom is -0.480 e. The van der Waals surface area contributed by atoms with Crippen LogP contribution in [0.25, 0.3) is 10.8 Å². The fraction of sp³-hybridized carbons (Fsp3) is 0.320. The quantitative estimate of drug-likeness (QED) is 0.398. The van der Waals surface area contributed by atoms with Crippen molar-refractivity contribution < 1.29 is 23.9 Å². The van der Waals surface area contributed by atoms with Crippen LogP contribution < -0.4 is 10.6 Å². The summed E-state index contributed by atoms with van der Waals surface area (Å²) in [6.45, 7) is 1.57. The predicted molar refractivity (Wildman–Crippen MR) is 128 cm³/mol. The number of carboxylic acid groups (broad SMARTS) is 1. The molecule has 2 amide bonds. The molecule has 0 spiro atoms. The molecule has 1 aliphatic rings. The number of aliphatic carboxylic acids is 1. The maximum absolute atomic E-state index is 13.4. The molecule has 1 aromatic heterocycles. The molecular formula is C25H25BrN2O5. The Balaban J connectivity index is 1.70. The maximum atomic E-state index is 13.4. The highest BCUT2D eigenvalue weighted by atomic mass is 79.9. The van der Waals surface area contributed by atoms with E-state index in [1.165, 1.54) is 6.07 Å². The molecule has 8 heteroatoms. The van der Waals surface area contributed by atoms with Crippen LogP contribution >= 0.6 is 15.9 Å². The predicted octanol–water partition coefficient (Wildman–Crippen LogP) is 5.60.